The molecule has 1 atom stereocenters. The van der Waals surface area contributed by atoms with Crippen LogP contribution in [0.2, 0.25) is 0 Å². The van der Waals surface area contributed by atoms with Crippen LogP contribution in [-0.4, -0.2) is 29.9 Å². The maximum Gasteiger partial charge on any atom is 0.105 e. The number of piperidine rings is 1. The molecule has 2 aliphatic heterocycles. The highest BCUT2D eigenvalue weighted by molar-refractivity contribution is 5.88. The Kier molecular flexibility index (Phi) is 2.54. The van der Waals surface area contributed by atoms with Gasteiger partial charge in [0.05, 0.1) is 0 Å². The lowest BCUT2D eigenvalue weighted by Gasteiger charge is -2.44. The van der Waals surface area contributed by atoms with Gasteiger partial charge in [0.25, 0.3) is 0 Å². The summed E-state index contributed by atoms with van der Waals surface area (Å²) in [6.45, 7) is 9.13. The molecule has 0 N–H and O–H groups in total. The number of rotatable bonds is 0. The van der Waals surface area contributed by atoms with Crippen molar-refractivity contribution in [1.82, 2.24) is 4.90 Å². The Morgan fingerprint density at radius 1 is 1.21 bits per heavy atom. The average Bonchev–Trinajstić information content (AvgIpc) is 2.15. The molecule has 0 saturated carbocycles. The predicted molar refractivity (Wildman–Crippen MR) is 60.7 cm³/mol. The van der Waals surface area contributed by atoms with Crippen molar-refractivity contribution >= 4 is 5.84 Å². The topological polar surface area (TPSA) is 15.6 Å². The summed E-state index contributed by atoms with van der Waals surface area (Å²) >= 11 is 0. The standard InChI is InChI=1S/C12H22N2/c1-12(2,3)11-13-8-7-10-6-4-5-9-14(10)11/h10H,4-9H2,1-3H3. The summed E-state index contributed by atoms with van der Waals surface area (Å²) in [7, 11) is 0. The zero-order valence-corrected chi connectivity index (χ0v) is 9.71. The first-order valence-electron chi connectivity index (χ1n) is 5.90. The monoisotopic (exact) mass is 194 g/mol. The zero-order valence-electron chi connectivity index (χ0n) is 9.71. The number of fused-ring (bicyclic) bond motifs is 1. The van der Waals surface area contributed by atoms with Crippen molar-refractivity contribution in [3.63, 3.8) is 0 Å². The molecule has 0 bridgehead atoms. The van der Waals surface area contributed by atoms with Gasteiger partial charge in [-0.1, -0.05) is 20.8 Å². The maximum absolute atomic E-state index is 4.73. The molecule has 14 heavy (non-hydrogen) atoms. The fraction of sp³-hybridized carbons (Fsp3) is 0.917. The van der Waals surface area contributed by atoms with E-state index in [0.717, 1.165) is 12.6 Å². The number of hydrogen-bond donors (Lipinski definition) is 0. The minimum absolute atomic E-state index is 0.232. The molecular formula is C12H22N2. The van der Waals surface area contributed by atoms with Crippen molar-refractivity contribution in [2.45, 2.75) is 52.5 Å². The molecule has 1 unspecified atom stereocenters. The molecule has 0 aromatic heterocycles. The highest BCUT2D eigenvalue weighted by Crippen LogP contribution is 2.29. The van der Waals surface area contributed by atoms with Gasteiger partial charge in [0.1, 0.15) is 5.84 Å². The Morgan fingerprint density at radius 2 is 2.00 bits per heavy atom. The van der Waals surface area contributed by atoms with Crippen LogP contribution in [0.4, 0.5) is 0 Å². The maximum atomic E-state index is 4.73. The summed E-state index contributed by atoms with van der Waals surface area (Å²) in [6.07, 6.45) is 5.43. The zero-order chi connectivity index (χ0) is 10.2. The Morgan fingerprint density at radius 3 is 2.71 bits per heavy atom. The lowest BCUT2D eigenvalue weighted by molar-refractivity contribution is 0.202. The van der Waals surface area contributed by atoms with Crippen molar-refractivity contribution in [1.29, 1.82) is 0 Å². The van der Waals surface area contributed by atoms with Crippen LogP contribution in [-0.2, 0) is 0 Å². The molecule has 0 aromatic carbocycles. The molecule has 0 amide bonds. The summed E-state index contributed by atoms with van der Waals surface area (Å²) in [5, 5.41) is 0. The first-order valence-corrected chi connectivity index (χ1v) is 5.90. The van der Waals surface area contributed by atoms with E-state index < -0.39 is 0 Å². The van der Waals surface area contributed by atoms with Crippen molar-refractivity contribution in [3.8, 4) is 0 Å². The van der Waals surface area contributed by atoms with E-state index in [1.807, 2.05) is 0 Å². The van der Waals surface area contributed by atoms with Gasteiger partial charge in [0, 0.05) is 24.5 Å². The normalized spacial score (nSPS) is 28.4. The third-order valence-electron chi connectivity index (χ3n) is 3.29. The molecule has 0 spiro atoms. The number of aliphatic imine (C=N–C) groups is 1. The summed E-state index contributed by atoms with van der Waals surface area (Å²) in [6, 6.07) is 0.801. The fourth-order valence-corrected chi connectivity index (χ4v) is 2.66. The summed E-state index contributed by atoms with van der Waals surface area (Å²) < 4.78 is 0. The van der Waals surface area contributed by atoms with E-state index in [1.54, 1.807) is 0 Å². The van der Waals surface area contributed by atoms with Gasteiger partial charge in [0.15, 0.2) is 0 Å². The molecule has 80 valence electrons. The molecule has 0 radical (unpaired) electrons. The largest absolute Gasteiger partial charge is 0.357 e. The van der Waals surface area contributed by atoms with E-state index in [1.165, 1.54) is 38.1 Å². The molecular weight excluding hydrogens is 172 g/mol. The van der Waals surface area contributed by atoms with Crippen LogP contribution in [0.25, 0.3) is 0 Å². The molecule has 2 heterocycles. The highest BCUT2D eigenvalue weighted by atomic mass is 15.2. The van der Waals surface area contributed by atoms with Crippen LogP contribution in [0, 0.1) is 5.41 Å². The van der Waals surface area contributed by atoms with Crippen LogP contribution in [0.3, 0.4) is 0 Å². The second kappa shape index (κ2) is 3.56. The molecule has 2 rings (SSSR count). The van der Waals surface area contributed by atoms with Crippen molar-refractivity contribution < 1.29 is 0 Å². The fourth-order valence-electron chi connectivity index (χ4n) is 2.66. The van der Waals surface area contributed by atoms with Crippen molar-refractivity contribution in [2.75, 3.05) is 13.1 Å². The van der Waals surface area contributed by atoms with E-state index in [-0.39, 0.29) is 5.41 Å². The van der Waals surface area contributed by atoms with Gasteiger partial charge >= 0.3 is 0 Å². The van der Waals surface area contributed by atoms with Crippen LogP contribution in [0.15, 0.2) is 4.99 Å². The van der Waals surface area contributed by atoms with Gasteiger partial charge in [-0.2, -0.15) is 0 Å². The lowest BCUT2D eigenvalue weighted by atomic mass is 9.88. The van der Waals surface area contributed by atoms with Crippen LogP contribution in [0.1, 0.15) is 46.5 Å². The first-order chi connectivity index (χ1) is 6.59. The number of hydrogen-bond acceptors (Lipinski definition) is 2. The smallest absolute Gasteiger partial charge is 0.105 e. The molecule has 2 nitrogen and oxygen atoms in total. The third kappa shape index (κ3) is 1.79. The van der Waals surface area contributed by atoms with Gasteiger partial charge < -0.3 is 4.90 Å². The quantitative estimate of drug-likeness (QED) is 0.579. The van der Waals surface area contributed by atoms with Crippen LogP contribution >= 0.6 is 0 Å². The lowest BCUT2D eigenvalue weighted by Crippen LogP contribution is -2.51. The second-order valence-electron chi connectivity index (χ2n) is 5.59. The Bertz CT molecular complexity index is 237. The molecule has 0 aliphatic carbocycles. The SMILES string of the molecule is CC(C)(C)C1=NCCC2CCCCN12. The van der Waals surface area contributed by atoms with Crippen molar-refractivity contribution in [2.24, 2.45) is 10.4 Å². The molecule has 0 aromatic rings. The molecule has 1 saturated heterocycles. The number of nitrogens with zero attached hydrogens (tertiary/aromatic N) is 2. The Hall–Kier alpha value is -0.530. The molecule has 2 heteroatoms. The van der Waals surface area contributed by atoms with Gasteiger partial charge in [-0.3, -0.25) is 4.99 Å². The Balaban J connectivity index is 2.19. The van der Waals surface area contributed by atoms with E-state index in [9.17, 15) is 0 Å². The molecule has 2 aliphatic rings. The summed E-state index contributed by atoms with van der Waals surface area (Å²) in [5.41, 5.74) is 0.232. The van der Waals surface area contributed by atoms with E-state index in [0.29, 0.717) is 0 Å². The van der Waals surface area contributed by atoms with E-state index >= 15 is 0 Å². The van der Waals surface area contributed by atoms with Crippen LogP contribution in [0.5, 0.6) is 0 Å². The average molecular weight is 194 g/mol. The first kappa shape index (κ1) is 10.0. The van der Waals surface area contributed by atoms with Gasteiger partial charge in [0.2, 0.25) is 0 Å². The van der Waals surface area contributed by atoms with Gasteiger partial charge in [-0.25, -0.2) is 0 Å². The minimum atomic E-state index is 0.232. The van der Waals surface area contributed by atoms with Crippen LogP contribution < -0.4 is 0 Å². The van der Waals surface area contributed by atoms with E-state index in [2.05, 4.69) is 25.7 Å². The van der Waals surface area contributed by atoms with E-state index in [4.69, 9.17) is 4.99 Å². The van der Waals surface area contributed by atoms with Gasteiger partial charge in [-0.05, 0) is 25.7 Å². The Labute approximate surface area is 87.4 Å². The highest BCUT2D eigenvalue weighted by Gasteiger charge is 2.33. The van der Waals surface area contributed by atoms with Gasteiger partial charge in [-0.15, -0.1) is 0 Å². The molecule has 1 fully saturated rings. The second-order valence-corrected chi connectivity index (χ2v) is 5.59. The number of amidine groups is 1. The summed E-state index contributed by atoms with van der Waals surface area (Å²) in [5.74, 6) is 1.36. The summed E-state index contributed by atoms with van der Waals surface area (Å²) in [4.78, 5) is 7.30. The minimum Gasteiger partial charge on any atom is -0.357 e. The van der Waals surface area contributed by atoms with Crippen molar-refractivity contribution in [3.05, 3.63) is 0 Å². The third-order valence-corrected chi connectivity index (χ3v) is 3.29. The predicted octanol–water partition coefficient (Wildman–Crippen LogP) is 2.69.